The molecular weight excluding hydrogens is 252 g/mol. The van der Waals surface area contributed by atoms with Gasteiger partial charge in [0, 0.05) is 25.7 Å². The summed E-state index contributed by atoms with van der Waals surface area (Å²) in [4.78, 5) is 29.8. The van der Waals surface area contributed by atoms with Crippen LogP contribution < -0.4 is 11.0 Å². The first-order valence-corrected chi connectivity index (χ1v) is 6.26. The van der Waals surface area contributed by atoms with E-state index in [4.69, 9.17) is 0 Å². The van der Waals surface area contributed by atoms with E-state index in [0.717, 1.165) is 0 Å². The number of amides is 1. The summed E-state index contributed by atoms with van der Waals surface area (Å²) in [5.41, 5.74) is 1.09. The van der Waals surface area contributed by atoms with Crippen molar-refractivity contribution in [1.29, 1.82) is 0 Å². The Morgan fingerprint density at radius 2 is 2.39 bits per heavy atom. The number of nitrogens with one attached hydrogen (secondary N) is 2. The van der Waals surface area contributed by atoms with Crippen molar-refractivity contribution in [2.75, 3.05) is 12.3 Å². The number of thiol groups is 1. The Labute approximate surface area is 109 Å². The van der Waals surface area contributed by atoms with Gasteiger partial charge in [0.25, 0.3) is 0 Å². The second kappa shape index (κ2) is 5.72. The fourth-order valence-electron chi connectivity index (χ4n) is 1.69. The van der Waals surface area contributed by atoms with Gasteiger partial charge in [0.05, 0.1) is 5.52 Å². The molecule has 2 N–H and O–H groups in total. The summed E-state index contributed by atoms with van der Waals surface area (Å²) in [6.07, 6.45) is 2.01. The van der Waals surface area contributed by atoms with E-state index < -0.39 is 0 Å². The number of nitrogens with zero attached hydrogens (tertiary/aromatic N) is 2. The van der Waals surface area contributed by atoms with Crippen LogP contribution in [0.25, 0.3) is 11.2 Å². The molecule has 2 aromatic rings. The minimum Gasteiger partial charge on any atom is -0.354 e. The van der Waals surface area contributed by atoms with Gasteiger partial charge < -0.3 is 10.3 Å². The van der Waals surface area contributed by atoms with Gasteiger partial charge in [-0.3, -0.25) is 9.36 Å². The topological polar surface area (TPSA) is 79.8 Å². The Bertz CT molecular complexity index is 604. The maximum absolute atomic E-state index is 11.7. The second-order valence-corrected chi connectivity index (χ2v) is 4.23. The van der Waals surface area contributed by atoms with Gasteiger partial charge in [0.2, 0.25) is 5.91 Å². The zero-order chi connectivity index (χ0) is 13.0. The van der Waals surface area contributed by atoms with Gasteiger partial charge in [0.15, 0.2) is 5.65 Å². The fourth-order valence-corrected chi connectivity index (χ4v) is 1.90. The quantitative estimate of drug-likeness (QED) is 0.674. The van der Waals surface area contributed by atoms with Crippen LogP contribution in [0, 0.1) is 0 Å². The predicted molar refractivity (Wildman–Crippen MR) is 71.8 cm³/mol. The molecule has 2 aromatic heterocycles. The molecule has 18 heavy (non-hydrogen) atoms. The van der Waals surface area contributed by atoms with Crippen molar-refractivity contribution in [1.82, 2.24) is 19.9 Å². The van der Waals surface area contributed by atoms with Crippen LogP contribution >= 0.6 is 12.6 Å². The van der Waals surface area contributed by atoms with Crippen LogP contribution in [0.4, 0.5) is 0 Å². The number of aromatic nitrogens is 3. The van der Waals surface area contributed by atoms with Crippen LogP contribution in [0.5, 0.6) is 0 Å². The number of carbonyl (C=O) groups excluding carboxylic acids is 1. The van der Waals surface area contributed by atoms with Gasteiger partial charge in [-0.25, -0.2) is 9.78 Å². The maximum Gasteiger partial charge on any atom is 0.327 e. The predicted octanol–water partition coefficient (Wildman–Crippen LogP) is 0.161. The lowest BCUT2D eigenvalue weighted by atomic mass is 10.4. The Balaban J connectivity index is 2.06. The number of H-pyrrole nitrogens is 1. The van der Waals surface area contributed by atoms with E-state index in [0.29, 0.717) is 36.4 Å². The first kappa shape index (κ1) is 12.7. The van der Waals surface area contributed by atoms with Crippen LogP contribution in [0.3, 0.4) is 0 Å². The summed E-state index contributed by atoms with van der Waals surface area (Å²) < 4.78 is 1.51. The molecule has 2 heterocycles. The molecule has 0 saturated carbocycles. The lowest BCUT2D eigenvalue weighted by Crippen LogP contribution is -2.30. The molecule has 96 valence electrons. The third-order valence-electron chi connectivity index (χ3n) is 2.53. The van der Waals surface area contributed by atoms with Crippen molar-refractivity contribution in [3.8, 4) is 0 Å². The monoisotopic (exact) mass is 266 g/mol. The Morgan fingerprint density at radius 1 is 1.56 bits per heavy atom. The molecule has 0 bridgehead atoms. The molecule has 0 aliphatic heterocycles. The molecule has 0 aliphatic rings. The maximum atomic E-state index is 11.7. The SMILES string of the molecule is O=C(CCS)NCCn1c(=O)[nH]c2cccnc21. The zero-order valence-corrected chi connectivity index (χ0v) is 10.6. The summed E-state index contributed by atoms with van der Waals surface area (Å²) in [6, 6.07) is 3.55. The molecule has 6 nitrogen and oxygen atoms in total. The van der Waals surface area contributed by atoms with Crippen LogP contribution in [0.15, 0.2) is 23.1 Å². The Morgan fingerprint density at radius 3 is 3.17 bits per heavy atom. The molecule has 2 rings (SSSR count). The lowest BCUT2D eigenvalue weighted by Gasteiger charge is -2.04. The van der Waals surface area contributed by atoms with E-state index >= 15 is 0 Å². The zero-order valence-electron chi connectivity index (χ0n) is 9.72. The van der Waals surface area contributed by atoms with Crippen LogP contribution in [-0.2, 0) is 11.3 Å². The first-order chi connectivity index (χ1) is 8.72. The number of hydrogen-bond donors (Lipinski definition) is 3. The summed E-state index contributed by atoms with van der Waals surface area (Å²) >= 11 is 3.98. The summed E-state index contributed by atoms with van der Waals surface area (Å²) in [6.45, 7) is 0.796. The van der Waals surface area contributed by atoms with E-state index in [-0.39, 0.29) is 11.6 Å². The van der Waals surface area contributed by atoms with Crippen molar-refractivity contribution >= 4 is 29.7 Å². The molecular formula is C11H14N4O2S. The molecule has 0 unspecified atom stereocenters. The molecule has 0 aliphatic carbocycles. The highest BCUT2D eigenvalue weighted by Gasteiger charge is 2.07. The minimum atomic E-state index is -0.216. The summed E-state index contributed by atoms with van der Waals surface area (Å²) in [5.74, 6) is 0.450. The third-order valence-corrected chi connectivity index (χ3v) is 2.75. The molecule has 0 atom stereocenters. The highest BCUT2D eigenvalue weighted by atomic mass is 32.1. The second-order valence-electron chi connectivity index (χ2n) is 3.78. The van der Waals surface area contributed by atoms with Gasteiger partial charge in [-0.05, 0) is 17.9 Å². The number of carbonyl (C=O) groups is 1. The van der Waals surface area contributed by atoms with E-state index in [1.165, 1.54) is 4.57 Å². The summed E-state index contributed by atoms with van der Waals surface area (Å²) in [7, 11) is 0. The highest BCUT2D eigenvalue weighted by Crippen LogP contribution is 2.04. The van der Waals surface area contributed by atoms with Crippen LogP contribution in [0.1, 0.15) is 6.42 Å². The van der Waals surface area contributed by atoms with Crippen LogP contribution in [-0.4, -0.2) is 32.7 Å². The molecule has 0 saturated heterocycles. The van der Waals surface area contributed by atoms with Crippen molar-refractivity contribution in [2.45, 2.75) is 13.0 Å². The van der Waals surface area contributed by atoms with Crippen LogP contribution in [0.2, 0.25) is 0 Å². The number of fused-ring (bicyclic) bond motifs is 1. The lowest BCUT2D eigenvalue weighted by molar-refractivity contribution is -0.120. The average Bonchev–Trinajstić information content (AvgIpc) is 2.66. The van der Waals surface area contributed by atoms with Gasteiger partial charge in [-0.2, -0.15) is 12.6 Å². The fraction of sp³-hybridized carbons (Fsp3) is 0.364. The van der Waals surface area contributed by atoms with Crippen molar-refractivity contribution in [3.05, 3.63) is 28.8 Å². The number of hydrogen-bond acceptors (Lipinski definition) is 4. The Kier molecular flexibility index (Phi) is 4.03. The van der Waals surface area contributed by atoms with Crippen molar-refractivity contribution < 1.29 is 4.79 Å². The molecule has 7 heteroatoms. The molecule has 0 spiro atoms. The van der Waals surface area contributed by atoms with Gasteiger partial charge in [-0.15, -0.1) is 0 Å². The molecule has 0 aromatic carbocycles. The normalized spacial score (nSPS) is 10.7. The number of rotatable bonds is 5. The van der Waals surface area contributed by atoms with Gasteiger partial charge >= 0.3 is 5.69 Å². The van der Waals surface area contributed by atoms with Gasteiger partial charge in [-0.1, -0.05) is 0 Å². The number of aromatic amines is 1. The standard InChI is InChI=1S/C11H14N4O2S/c16-9(3-7-18)12-5-6-15-10-8(14-11(15)17)2-1-4-13-10/h1-2,4,18H,3,5-7H2,(H,12,16)(H,14,17). The molecule has 0 fully saturated rings. The third kappa shape index (κ3) is 2.73. The molecule has 1 amide bonds. The van der Waals surface area contributed by atoms with Crippen molar-refractivity contribution in [2.24, 2.45) is 0 Å². The van der Waals surface area contributed by atoms with E-state index in [1.54, 1.807) is 18.3 Å². The smallest absolute Gasteiger partial charge is 0.327 e. The molecule has 0 radical (unpaired) electrons. The summed E-state index contributed by atoms with van der Waals surface area (Å²) in [5, 5.41) is 2.72. The van der Waals surface area contributed by atoms with E-state index in [9.17, 15) is 9.59 Å². The van der Waals surface area contributed by atoms with Crippen molar-refractivity contribution in [3.63, 3.8) is 0 Å². The minimum absolute atomic E-state index is 0.0640. The first-order valence-electron chi connectivity index (χ1n) is 5.63. The largest absolute Gasteiger partial charge is 0.354 e. The highest BCUT2D eigenvalue weighted by molar-refractivity contribution is 7.80. The number of imidazole rings is 1. The van der Waals surface area contributed by atoms with E-state index in [1.807, 2.05) is 0 Å². The van der Waals surface area contributed by atoms with Gasteiger partial charge in [0.1, 0.15) is 0 Å². The van der Waals surface area contributed by atoms with E-state index in [2.05, 4.69) is 27.9 Å². The number of pyridine rings is 1. The Hall–Kier alpha value is -1.76. The average molecular weight is 266 g/mol.